The summed E-state index contributed by atoms with van der Waals surface area (Å²) in [6.45, 7) is 0. The molecule has 0 saturated heterocycles. The van der Waals surface area contributed by atoms with Gasteiger partial charge >= 0.3 is 0 Å². The van der Waals surface area contributed by atoms with E-state index >= 15 is 0 Å². The first-order chi connectivity index (χ1) is 22.8. The third-order valence-electron chi connectivity index (χ3n) is 8.64. The molecule has 0 aliphatic heterocycles. The number of nitrogens with zero attached hydrogens (tertiary/aromatic N) is 3. The molecule has 2 aromatic heterocycles. The molecule has 46 heavy (non-hydrogen) atoms. The van der Waals surface area contributed by atoms with Crippen molar-refractivity contribution in [1.29, 1.82) is 0 Å². The molecule has 0 aliphatic rings. The van der Waals surface area contributed by atoms with Crippen molar-refractivity contribution in [2.24, 2.45) is 0 Å². The number of benzene rings is 7. The standard InChI is InChI=1S/C42H27N3O/c1-4-15-28(16-5-1)40-33-23-12-13-24-36(33)43-42(44-40)34-27-35-39-37(45(29-17-6-2-7-18-29)30-19-8-3-9-20-30)25-14-26-38(39)46-41(35)32-22-11-10-21-31(32)34/h1-27H. The summed E-state index contributed by atoms with van der Waals surface area (Å²) in [6, 6.07) is 56.5. The Balaban J connectivity index is 1.37. The lowest BCUT2D eigenvalue weighted by atomic mass is 9.98. The fraction of sp³-hybridized carbons (Fsp3) is 0. The van der Waals surface area contributed by atoms with Gasteiger partial charge in [-0.05, 0) is 53.9 Å². The Hall–Kier alpha value is -6.26. The van der Waals surface area contributed by atoms with Crippen molar-refractivity contribution in [1.82, 2.24) is 9.97 Å². The minimum atomic E-state index is 0.686. The molecule has 2 heterocycles. The van der Waals surface area contributed by atoms with Crippen LogP contribution in [-0.2, 0) is 0 Å². The predicted octanol–water partition coefficient (Wildman–Crippen LogP) is 11.5. The Bertz CT molecular complexity index is 2480. The Morgan fingerprint density at radius 1 is 0.478 bits per heavy atom. The number of hydrogen-bond acceptors (Lipinski definition) is 4. The Labute approximate surface area is 265 Å². The number of para-hydroxylation sites is 3. The van der Waals surface area contributed by atoms with Crippen LogP contribution in [0.5, 0.6) is 0 Å². The number of aromatic nitrogens is 2. The highest BCUT2D eigenvalue weighted by Gasteiger charge is 2.22. The Morgan fingerprint density at radius 2 is 1.09 bits per heavy atom. The van der Waals surface area contributed by atoms with Gasteiger partial charge in [-0.1, -0.05) is 115 Å². The van der Waals surface area contributed by atoms with Gasteiger partial charge in [0.05, 0.1) is 22.3 Å². The van der Waals surface area contributed by atoms with Gasteiger partial charge in [-0.2, -0.15) is 0 Å². The van der Waals surface area contributed by atoms with Crippen LogP contribution < -0.4 is 4.90 Å². The topological polar surface area (TPSA) is 42.2 Å². The first-order valence-electron chi connectivity index (χ1n) is 15.4. The van der Waals surface area contributed by atoms with Crippen molar-refractivity contribution >= 4 is 60.7 Å². The molecule has 9 rings (SSSR count). The van der Waals surface area contributed by atoms with E-state index < -0.39 is 0 Å². The molecule has 0 saturated carbocycles. The fourth-order valence-corrected chi connectivity index (χ4v) is 6.60. The van der Waals surface area contributed by atoms with Gasteiger partial charge in [0, 0.05) is 38.7 Å². The molecule has 0 radical (unpaired) electrons. The van der Waals surface area contributed by atoms with Crippen LogP contribution in [0.1, 0.15) is 0 Å². The lowest BCUT2D eigenvalue weighted by molar-refractivity contribution is 0.672. The first kappa shape index (κ1) is 26.2. The number of furan rings is 1. The lowest BCUT2D eigenvalue weighted by Crippen LogP contribution is -2.09. The van der Waals surface area contributed by atoms with Gasteiger partial charge in [0.2, 0.25) is 0 Å². The van der Waals surface area contributed by atoms with Crippen molar-refractivity contribution in [2.45, 2.75) is 0 Å². The minimum absolute atomic E-state index is 0.686. The molecule has 0 N–H and O–H groups in total. The van der Waals surface area contributed by atoms with Crippen molar-refractivity contribution in [3.8, 4) is 22.6 Å². The minimum Gasteiger partial charge on any atom is -0.455 e. The van der Waals surface area contributed by atoms with E-state index in [-0.39, 0.29) is 0 Å². The summed E-state index contributed by atoms with van der Waals surface area (Å²) in [7, 11) is 0. The van der Waals surface area contributed by atoms with E-state index in [4.69, 9.17) is 14.4 Å². The first-order valence-corrected chi connectivity index (χ1v) is 15.4. The largest absolute Gasteiger partial charge is 0.455 e. The predicted molar refractivity (Wildman–Crippen MR) is 190 cm³/mol. The van der Waals surface area contributed by atoms with Crippen LogP contribution in [0.25, 0.3) is 66.3 Å². The van der Waals surface area contributed by atoms with Crippen LogP contribution in [-0.4, -0.2) is 9.97 Å². The normalized spacial score (nSPS) is 11.5. The Kier molecular flexibility index (Phi) is 6.10. The van der Waals surface area contributed by atoms with Crippen LogP contribution >= 0.6 is 0 Å². The number of hydrogen-bond donors (Lipinski definition) is 0. The van der Waals surface area contributed by atoms with Crippen LogP contribution in [0, 0.1) is 0 Å². The SMILES string of the molecule is c1ccc(-c2nc(-c3cc4c(oc5cccc(N(c6ccccc6)c6ccccc6)c54)c4ccccc34)nc3ccccc23)cc1. The zero-order valence-electron chi connectivity index (χ0n) is 24.8. The summed E-state index contributed by atoms with van der Waals surface area (Å²) in [5.41, 5.74) is 8.72. The highest BCUT2D eigenvalue weighted by atomic mass is 16.3. The molecular formula is C42H27N3O. The molecule has 216 valence electrons. The monoisotopic (exact) mass is 589 g/mol. The van der Waals surface area contributed by atoms with Crippen molar-refractivity contribution in [3.63, 3.8) is 0 Å². The number of rotatable bonds is 5. The molecule has 9 aromatic rings. The second-order valence-electron chi connectivity index (χ2n) is 11.4. The molecule has 0 unspecified atom stereocenters. The van der Waals surface area contributed by atoms with Crippen LogP contribution in [0.4, 0.5) is 17.1 Å². The van der Waals surface area contributed by atoms with Crippen molar-refractivity contribution < 1.29 is 4.42 Å². The molecule has 0 amide bonds. The van der Waals surface area contributed by atoms with Gasteiger partial charge in [0.25, 0.3) is 0 Å². The maximum atomic E-state index is 6.71. The van der Waals surface area contributed by atoms with Crippen LogP contribution in [0.3, 0.4) is 0 Å². The maximum Gasteiger partial charge on any atom is 0.161 e. The summed E-state index contributed by atoms with van der Waals surface area (Å²) in [5, 5.41) is 5.17. The highest BCUT2D eigenvalue weighted by Crippen LogP contribution is 2.46. The van der Waals surface area contributed by atoms with Gasteiger partial charge in [0.15, 0.2) is 5.82 Å². The third kappa shape index (κ3) is 4.23. The summed E-state index contributed by atoms with van der Waals surface area (Å²) in [5.74, 6) is 0.686. The smallest absolute Gasteiger partial charge is 0.161 e. The quantitative estimate of drug-likeness (QED) is 0.200. The zero-order valence-corrected chi connectivity index (χ0v) is 24.8. The van der Waals surface area contributed by atoms with Gasteiger partial charge < -0.3 is 9.32 Å². The van der Waals surface area contributed by atoms with Gasteiger partial charge in [-0.25, -0.2) is 9.97 Å². The summed E-state index contributed by atoms with van der Waals surface area (Å²) < 4.78 is 6.71. The van der Waals surface area contributed by atoms with Gasteiger partial charge in [0.1, 0.15) is 11.2 Å². The summed E-state index contributed by atoms with van der Waals surface area (Å²) in [6.07, 6.45) is 0. The van der Waals surface area contributed by atoms with E-state index in [0.29, 0.717) is 5.82 Å². The van der Waals surface area contributed by atoms with Gasteiger partial charge in [-0.3, -0.25) is 0 Å². The second kappa shape index (κ2) is 10.7. The number of anilines is 3. The van der Waals surface area contributed by atoms with E-state index in [0.717, 1.165) is 77.5 Å². The molecule has 0 bridgehead atoms. The molecule has 0 fully saturated rings. The molecule has 4 nitrogen and oxygen atoms in total. The average molecular weight is 590 g/mol. The van der Waals surface area contributed by atoms with E-state index in [1.165, 1.54) is 0 Å². The molecule has 4 heteroatoms. The van der Waals surface area contributed by atoms with Crippen LogP contribution in [0.2, 0.25) is 0 Å². The maximum absolute atomic E-state index is 6.71. The van der Waals surface area contributed by atoms with Crippen molar-refractivity contribution in [2.75, 3.05) is 4.90 Å². The van der Waals surface area contributed by atoms with Gasteiger partial charge in [-0.15, -0.1) is 0 Å². The molecule has 0 spiro atoms. The average Bonchev–Trinajstić information content (AvgIpc) is 3.52. The third-order valence-corrected chi connectivity index (χ3v) is 8.64. The van der Waals surface area contributed by atoms with E-state index in [2.05, 4.69) is 138 Å². The van der Waals surface area contributed by atoms with Crippen molar-refractivity contribution in [3.05, 3.63) is 164 Å². The second-order valence-corrected chi connectivity index (χ2v) is 11.4. The molecular weight excluding hydrogens is 562 g/mol. The Morgan fingerprint density at radius 3 is 1.80 bits per heavy atom. The highest BCUT2D eigenvalue weighted by molar-refractivity contribution is 6.22. The molecule has 0 aliphatic carbocycles. The van der Waals surface area contributed by atoms with E-state index in [1.807, 2.05) is 30.3 Å². The lowest BCUT2D eigenvalue weighted by Gasteiger charge is -2.26. The molecule has 7 aromatic carbocycles. The summed E-state index contributed by atoms with van der Waals surface area (Å²) in [4.78, 5) is 12.7. The number of fused-ring (bicyclic) bond motifs is 6. The van der Waals surface area contributed by atoms with Crippen LogP contribution in [0.15, 0.2) is 168 Å². The zero-order chi connectivity index (χ0) is 30.5. The summed E-state index contributed by atoms with van der Waals surface area (Å²) >= 11 is 0. The van der Waals surface area contributed by atoms with E-state index in [1.54, 1.807) is 0 Å². The fourth-order valence-electron chi connectivity index (χ4n) is 6.60. The van der Waals surface area contributed by atoms with E-state index in [9.17, 15) is 0 Å². The molecule has 0 atom stereocenters.